The molecule has 0 aliphatic rings. The predicted octanol–water partition coefficient (Wildman–Crippen LogP) is 3.18. The lowest BCUT2D eigenvalue weighted by Crippen LogP contribution is -2.18. The zero-order chi connectivity index (χ0) is 19.4. The van der Waals surface area contributed by atoms with Crippen LogP contribution in [0.5, 0.6) is 17.2 Å². The molecule has 7 nitrogen and oxygen atoms in total. The van der Waals surface area contributed by atoms with Crippen molar-refractivity contribution >= 4 is 22.5 Å². The summed E-state index contributed by atoms with van der Waals surface area (Å²) in [7, 11) is 4.54. The zero-order valence-corrected chi connectivity index (χ0v) is 15.3. The number of rotatable bonds is 6. The first kappa shape index (κ1) is 18.1. The topological polar surface area (TPSA) is 85.5 Å². The number of amides is 1. The number of benzene rings is 2. The van der Waals surface area contributed by atoms with Crippen LogP contribution in [-0.4, -0.2) is 31.8 Å². The summed E-state index contributed by atoms with van der Waals surface area (Å²) in [6.45, 7) is 0.0683. The van der Waals surface area contributed by atoms with Crippen molar-refractivity contribution in [3.05, 3.63) is 48.2 Å². The van der Waals surface area contributed by atoms with E-state index in [1.165, 1.54) is 21.3 Å². The Kier molecular flexibility index (Phi) is 5.18. The maximum absolute atomic E-state index is 12.5. The van der Waals surface area contributed by atoms with Crippen molar-refractivity contribution < 1.29 is 19.0 Å². The van der Waals surface area contributed by atoms with Crippen LogP contribution in [0.4, 0.5) is 5.69 Å². The zero-order valence-electron chi connectivity index (χ0n) is 15.3. The molecule has 3 rings (SSSR count). The predicted molar refractivity (Wildman–Crippen MR) is 101 cm³/mol. The van der Waals surface area contributed by atoms with Crippen molar-refractivity contribution in [3.8, 4) is 23.3 Å². The van der Waals surface area contributed by atoms with Gasteiger partial charge in [0.2, 0.25) is 11.7 Å². The highest BCUT2D eigenvalue weighted by atomic mass is 16.5. The molecule has 0 atom stereocenters. The van der Waals surface area contributed by atoms with Gasteiger partial charge in [0.05, 0.1) is 26.9 Å². The van der Waals surface area contributed by atoms with Gasteiger partial charge in [-0.05, 0) is 6.07 Å². The van der Waals surface area contributed by atoms with Gasteiger partial charge in [0.1, 0.15) is 12.6 Å². The van der Waals surface area contributed by atoms with E-state index in [-0.39, 0.29) is 12.5 Å². The van der Waals surface area contributed by atoms with Crippen LogP contribution in [0.1, 0.15) is 5.56 Å². The monoisotopic (exact) mass is 365 g/mol. The van der Waals surface area contributed by atoms with Crippen molar-refractivity contribution in [3.63, 3.8) is 0 Å². The van der Waals surface area contributed by atoms with E-state index >= 15 is 0 Å². The number of hydrogen-bond donors (Lipinski definition) is 1. The van der Waals surface area contributed by atoms with Gasteiger partial charge in [-0.25, -0.2) is 0 Å². The van der Waals surface area contributed by atoms with Crippen molar-refractivity contribution in [2.75, 3.05) is 26.6 Å². The van der Waals surface area contributed by atoms with E-state index in [9.17, 15) is 10.1 Å². The van der Waals surface area contributed by atoms with Crippen molar-refractivity contribution in [2.45, 2.75) is 6.54 Å². The molecular formula is C20H19N3O4. The van der Waals surface area contributed by atoms with E-state index < -0.39 is 0 Å². The molecule has 1 amide bonds. The van der Waals surface area contributed by atoms with Gasteiger partial charge < -0.3 is 24.1 Å². The van der Waals surface area contributed by atoms with Crippen LogP contribution in [0.15, 0.2) is 42.6 Å². The van der Waals surface area contributed by atoms with Gasteiger partial charge in [-0.3, -0.25) is 4.79 Å². The lowest BCUT2D eigenvalue weighted by molar-refractivity contribution is -0.116. The van der Waals surface area contributed by atoms with Gasteiger partial charge in [-0.1, -0.05) is 18.2 Å². The fourth-order valence-electron chi connectivity index (χ4n) is 2.98. The van der Waals surface area contributed by atoms with Gasteiger partial charge >= 0.3 is 0 Å². The Hall–Kier alpha value is -3.66. The van der Waals surface area contributed by atoms with Crippen LogP contribution in [0.25, 0.3) is 10.9 Å². The van der Waals surface area contributed by atoms with Gasteiger partial charge in [0.25, 0.3) is 0 Å². The Labute approximate surface area is 156 Å². The van der Waals surface area contributed by atoms with Gasteiger partial charge in [-0.2, -0.15) is 5.26 Å². The fraction of sp³-hybridized carbons (Fsp3) is 0.200. The van der Waals surface area contributed by atoms with E-state index in [0.29, 0.717) is 28.5 Å². The number of carbonyl (C=O) groups is 1. The highest BCUT2D eigenvalue weighted by Gasteiger charge is 2.15. The fourth-order valence-corrected chi connectivity index (χ4v) is 2.98. The summed E-state index contributed by atoms with van der Waals surface area (Å²) in [6.07, 6.45) is 1.68. The molecule has 0 unspecified atom stereocenters. The number of aromatic nitrogens is 1. The quantitative estimate of drug-likeness (QED) is 0.725. The molecule has 0 aliphatic heterocycles. The lowest BCUT2D eigenvalue weighted by atomic mass is 10.2. The van der Waals surface area contributed by atoms with Crippen LogP contribution in [0, 0.1) is 11.3 Å². The van der Waals surface area contributed by atoms with Crippen LogP contribution in [-0.2, 0) is 11.3 Å². The molecule has 0 radical (unpaired) electrons. The third kappa shape index (κ3) is 3.51. The molecular weight excluding hydrogens is 346 g/mol. The molecule has 0 saturated heterocycles. The summed E-state index contributed by atoms with van der Waals surface area (Å²) in [5.41, 5.74) is 1.88. The number of fused-ring (bicyclic) bond motifs is 1. The molecule has 1 N–H and O–H groups in total. The molecule has 0 spiro atoms. The van der Waals surface area contributed by atoms with Crippen molar-refractivity contribution in [1.29, 1.82) is 5.26 Å². The Morgan fingerprint density at radius 2 is 1.78 bits per heavy atom. The normalized spacial score (nSPS) is 10.3. The molecule has 7 heteroatoms. The van der Waals surface area contributed by atoms with Crippen LogP contribution in [0.2, 0.25) is 0 Å². The average Bonchev–Trinajstić information content (AvgIpc) is 3.04. The van der Waals surface area contributed by atoms with E-state index in [1.807, 2.05) is 24.3 Å². The summed E-state index contributed by atoms with van der Waals surface area (Å²) in [4.78, 5) is 12.5. The second-order valence-electron chi connectivity index (χ2n) is 5.76. The average molecular weight is 365 g/mol. The summed E-state index contributed by atoms with van der Waals surface area (Å²) in [6, 6.07) is 13.0. The number of methoxy groups -OCH3 is 3. The number of anilines is 1. The van der Waals surface area contributed by atoms with Crippen LogP contribution in [0.3, 0.4) is 0 Å². The lowest BCUT2D eigenvalue weighted by Gasteiger charge is -2.15. The first-order valence-corrected chi connectivity index (χ1v) is 8.19. The van der Waals surface area contributed by atoms with Crippen LogP contribution < -0.4 is 19.5 Å². The molecule has 0 bridgehead atoms. The molecule has 1 heterocycles. The molecule has 27 heavy (non-hydrogen) atoms. The second kappa shape index (κ2) is 7.70. The molecule has 0 saturated carbocycles. The smallest absolute Gasteiger partial charge is 0.244 e. The van der Waals surface area contributed by atoms with E-state index in [0.717, 1.165) is 10.9 Å². The van der Waals surface area contributed by atoms with Gasteiger partial charge in [0.15, 0.2) is 11.5 Å². The SMILES string of the molecule is COc1cc(NC(=O)Cn2cc(C#N)c3ccccc32)cc(OC)c1OC. The molecule has 3 aromatic rings. The third-order valence-electron chi connectivity index (χ3n) is 4.17. The Morgan fingerprint density at radius 1 is 1.11 bits per heavy atom. The molecule has 0 aliphatic carbocycles. The Bertz CT molecular complexity index is 1010. The number of nitriles is 1. The highest BCUT2D eigenvalue weighted by molar-refractivity contribution is 5.93. The summed E-state index contributed by atoms with van der Waals surface area (Å²) < 4.78 is 17.6. The summed E-state index contributed by atoms with van der Waals surface area (Å²) >= 11 is 0. The van der Waals surface area contributed by atoms with Crippen molar-refractivity contribution in [1.82, 2.24) is 4.57 Å². The maximum Gasteiger partial charge on any atom is 0.244 e. The molecule has 1 aromatic heterocycles. The summed E-state index contributed by atoms with van der Waals surface area (Å²) in [5.74, 6) is 1.11. The highest BCUT2D eigenvalue weighted by Crippen LogP contribution is 2.39. The van der Waals surface area contributed by atoms with E-state index in [2.05, 4.69) is 11.4 Å². The second-order valence-corrected chi connectivity index (χ2v) is 5.76. The molecule has 0 fully saturated rings. The standard InChI is InChI=1S/C20H19N3O4/c1-25-17-8-14(9-18(26-2)20(17)27-3)22-19(24)12-23-11-13(10-21)15-6-4-5-7-16(15)23/h4-9,11H,12H2,1-3H3,(H,22,24). The van der Waals surface area contributed by atoms with Crippen molar-refractivity contribution in [2.24, 2.45) is 0 Å². The maximum atomic E-state index is 12.5. The minimum absolute atomic E-state index is 0.0683. The number of carbonyl (C=O) groups excluding carboxylic acids is 1. The van der Waals surface area contributed by atoms with Gasteiger partial charge in [0, 0.05) is 34.9 Å². The Balaban J connectivity index is 1.86. The number of para-hydroxylation sites is 1. The molecule has 138 valence electrons. The first-order chi connectivity index (χ1) is 13.1. The van der Waals surface area contributed by atoms with E-state index in [4.69, 9.17) is 14.2 Å². The Morgan fingerprint density at radius 3 is 2.37 bits per heavy atom. The van der Waals surface area contributed by atoms with E-state index in [1.54, 1.807) is 22.9 Å². The largest absolute Gasteiger partial charge is 0.493 e. The minimum atomic E-state index is -0.241. The number of hydrogen-bond acceptors (Lipinski definition) is 5. The number of nitrogens with one attached hydrogen (secondary N) is 1. The molecule has 2 aromatic carbocycles. The number of ether oxygens (including phenoxy) is 3. The van der Waals surface area contributed by atoms with Crippen LogP contribution >= 0.6 is 0 Å². The summed E-state index contributed by atoms with van der Waals surface area (Å²) in [5, 5.41) is 12.9. The minimum Gasteiger partial charge on any atom is -0.493 e. The third-order valence-corrected chi connectivity index (χ3v) is 4.17. The number of nitrogens with zero attached hydrogens (tertiary/aromatic N) is 2. The van der Waals surface area contributed by atoms with Gasteiger partial charge in [-0.15, -0.1) is 0 Å². The first-order valence-electron chi connectivity index (χ1n) is 8.19.